The largest absolute Gasteiger partial charge is 0.399 e. The SMILES string of the molecule is Nc1cccc(N)c1.O=S(=O)(O)O.OCCO. The van der Waals surface area contributed by atoms with E-state index < -0.39 is 10.4 Å². The zero-order valence-electron chi connectivity index (χ0n) is 8.89. The summed E-state index contributed by atoms with van der Waals surface area (Å²) in [5, 5.41) is 15.2. The van der Waals surface area contributed by atoms with Crippen LogP contribution in [0.25, 0.3) is 0 Å². The highest BCUT2D eigenvalue weighted by Gasteiger charge is 1.84. The second-order valence-electron chi connectivity index (χ2n) is 2.57. The van der Waals surface area contributed by atoms with Crippen LogP contribution in [0.5, 0.6) is 0 Å². The van der Waals surface area contributed by atoms with Gasteiger partial charge in [-0.25, -0.2) is 0 Å². The average molecular weight is 268 g/mol. The van der Waals surface area contributed by atoms with Gasteiger partial charge in [-0.05, 0) is 18.2 Å². The molecule has 1 aromatic carbocycles. The predicted molar refractivity (Wildman–Crippen MR) is 63.6 cm³/mol. The van der Waals surface area contributed by atoms with Crippen LogP contribution in [0.2, 0.25) is 0 Å². The molecule has 0 heterocycles. The summed E-state index contributed by atoms with van der Waals surface area (Å²) in [6.07, 6.45) is 0. The number of nitrogen functional groups attached to an aromatic ring is 2. The Balaban J connectivity index is 0. The summed E-state index contributed by atoms with van der Waals surface area (Å²) in [5.41, 5.74) is 12.2. The summed E-state index contributed by atoms with van der Waals surface area (Å²) in [4.78, 5) is 0. The van der Waals surface area contributed by atoms with Crippen molar-refractivity contribution in [2.75, 3.05) is 24.7 Å². The van der Waals surface area contributed by atoms with E-state index in [1.165, 1.54) is 0 Å². The van der Waals surface area contributed by atoms with Gasteiger partial charge >= 0.3 is 10.4 Å². The van der Waals surface area contributed by atoms with Crippen molar-refractivity contribution in [2.24, 2.45) is 0 Å². The van der Waals surface area contributed by atoms with E-state index in [1.54, 1.807) is 18.2 Å². The van der Waals surface area contributed by atoms with Crippen LogP contribution < -0.4 is 11.5 Å². The lowest BCUT2D eigenvalue weighted by atomic mass is 10.3. The van der Waals surface area contributed by atoms with E-state index in [0.717, 1.165) is 0 Å². The van der Waals surface area contributed by atoms with Gasteiger partial charge in [-0.15, -0.1) is 0 Å². The molecule has 9 heteroatoms. The lowest BCUT2D eigenvalue weighted by molar-refractivity contribution is 0.186. The topological polar surface area (TPSA) is 167 Å². The van der Waals surface area contributed by atoms with Gasteiger partial charge in [-0.2, -0.15) is 8.42 Å². The first kappa shape index (κ1) is 18.0. The van der Waals surface area contributed by atoms with Crippen LogP contribution in [-0.4, -0.2) is 41.0 Å². The molecule has 0 atom stereocenters. The number of aliphatic hydroxyl groups excluding tert-OH is 2. The third-order valence-corrected chi connectivity index (χ3v) is 1.01. The Labute approximate surface area is 99.1 Å². The number of aliphatic hydroxyl groups is 2. The number of rotatable bonds is 1. The summed E-state index contributed by atoms with van der Waals surface area (Å²) in [6.45, 7) is -0.250. The van der Waals surface area contributed by atoms with E-state index in [2.05, 4.69) is 0 Å². The van der Waals surface area contributed by atoms with Gasteiger partial charge < -0.3 is 21.7 Å². The molecule has 17 heavy (non-hydrogen) atoms. The Morgan fingerprint density at radius 2 is 1.29 bits per heavy atom. The first-order chi connectivity index (χ1) is 7.70. The molecule has 0 saturated heterocycles. The molecule has 0 radical (unpaired) electrons. The van der Waals surface area contributed by atoms with E-state index >= 15 is 0 Å². The van der Waals surface area contributed by atoms with Crippen molar-refractivity contribution in [3.05, 3.63) is 24.3 Å². The summed E-state index contributed by atoms with van der Waals surface area (Å²) >= 11 is 0. The molecule has 0 saturated carbocycles. The van der Waals surface area contributed by atoms with Crippen LogP contribution in [0.3, 0.4) is 0 Å². The Hall–Kier alpha value is -1.39. The Bertz CT molecular complexity index is 368. The van der Waals surface area contributed by atoms with E-state index in [0.29, 0.717) is 11.4 Å². The Morgan fingerprint density at radius 1 is 1.00 bits per heavy atom. The van der Waals surface area contributed by atoms with Crippen molar-refractivity contribution in [3.63, 3.8) is 0 Å². The van der Waals surface area contributed by atoms with Gasteiger partial charge in [0.05, 0.1) is 13.2 Å². The molecule has 0 aliphatic carbocycles. The molecule has 0 fully saturated rings. The fourth-order valence-electron chi connectivity index (χ4n) is 0.559. The molecule has 1 aromatic rings. The lowest BCUT2D eigenvalue weighted by Gasteiger charge is -1.91. The van der Waals surface area contributed by atoms with Gasteiger partial charge in [0.1, 0.15) is 0 Å². The smallest absolute Gasteiger partial charge is 0.394 e. The van der Waals surface area contributed by atoms with Crippen LogP contribution in [0.15, 0.2) is 24.3 Å². The molecule has 100 valence electrons. The number of nitrogens with two attached hydrogens (primary N) is 2. The van der Waals surface area contributed by atoms with Crippen LogP contribution in [0.1, 0.15) is 0 Å². The fourth-order valence-corrected chi connectivity index (χ4v) is 0.559. The fraction of sp³-hybridized carbons (Fsp3) is 0.250. The zero-order valence-corrected chi connectivity index (χ0v) is 9.71. The number of benzene rings is 1. The van der Waals surface area contributed by atoms with Crippen molar-refractivity contribution >= 4 is 21.8 Å². The minimum absolute atomic E-state index is 0.125. The molecule has 8 nitrogen and oxygen atoms in total. The molecule has 0 amide bonds. The maximum Gasteiger partial charge on any atom is 0.394 e. The molecular formula is C8H16N2O6S. The minimum atomic E-state index is -4.67. The van der Waals surface area contributed by atoms with Crippen LogP contribution in [-0.2, 0) is 10.4 Å². The standard InChI is InChI=1S/C6H8N2.C2H6O2.H2O4S/c7-5-2-1-3-6(8)4-5;3-1-2-4;1-5(2,3)4/h1-4H,7-8H2;3-4H,1-2H2;(H2,1,2,3,4). The first-order valence-electron chi connectivity index (χ1n) is 4.23. The monoisotopic (exact) mass is 268 g/mol. The van der Waals surface area contributed by atoms with Crippen molar-refractivity contribution in [1.82, 2.24) is 0 Å². The maximum absolute atomic E-state index is 8.74. The highest BCUT2D eigenvalue weighted by Crippen LogP contribution is 2.06. The van der Waals surface area contributed by atoms with Gasteiger partial charge in [0, 0.05) is 11.4 Å². The molecule has 1 rings (SSSR count). The van der Waals surface area contributed by atoms with Gasteiger partial charge in [0.15, 0.2) is 0 Å². The van der Waals surface area contributed by atoms with Crippen molar-refractivity contribution in [2.45, 2.75) is 0 Å². The van der Waals surface area contributed by atoms with Crippen LogP contribution >= 0.6 is 0 Å². The maximum atomic E-state index is 8.74. The van der Waals surface area contributed by atoms with Gasteiger partial charge in [-0.1, -0.05) is 6.07 Å². The molecule has 0 bridgehead atoms. The summed E-state index contributed by atoms with van der Waals surface area (Å²) < 4.78 is 31.6. The molecular weight excluding hydrogens is 252 g/mol. The van der Waals surface area contributed by atoms with Crippen molar-refractivity contribution in [3.8, 4) is 0 Å². The van der Waals surface area contributed by atoms with Crippen LogP contribution in [0.4, 0.5) is 11.4 Å². The quantitative estimate of drug-likeness (QED) is 0.283. The third kappa shape index (κ3) is 25.2. The number of anilines is 2. The molecule has 0 aliphatic heterocycles. The van der Waals surface area contributed by atoms with Gasteiger partial charge in [-0.3, -0.25) is 9.11 Å². The highest BCUT2D eigenvalue weighted by atomic mass is 32.3. The second-order valence-corrected chi connectivity index (χ2v) is 3.46. The van der Waals surface area contributed by atoms with E-state index in [9.17, 15) is 0 Å². The first-order valence-corrected chi connectivity index (χ1v) is 5.63. The van der Waals surface area contributed by atoms with Crippen molar-refractivity contribution < 1.29 is 27.7 Å². The summed E-state index contributed by atoms with van der Waals surface area (Å²) in [6, 6.07) is 7.15. The lowest BCUT2D eigenvalue weighted by Crippen LogP contribution is -1.89. The van der Waals surface area contributed by atoms with Crippen molar-refractivity contribution in [1.29, 1.82) is 0 Å². The minimum Gasteiger partial charge on any atom is -0.399 e. The summed E-state index contributed by atoms with van der Waals surface area (Å²) in [5.74, 6) is 0. The Morgan fingerprint density at radius 3 is 1.41 bits per heavy atom. The van der Waals surface area contributed by atoms with E-state index in [1.807, 2.05) is 6.07 Å². The Kier molecular flexibility index (Phi) is 10.4. The number of hydrogen-bond acceptors (Lipinski definition) is 6. The normalized spacial score (nSPS) is 9.41. The highest BCUT2D eigenvalue weighted by molar-refractivity contribution is 7.79. The van der Waals surface area contributed by atoms with Gasteiger partial charge in [0.2, 0.25) is 0 Å². The zero-order chi connectivity index (χ0) is 13.9. The van der Waals surface area contributed by atoms with E-state index in [4.69, 9.17) is 39.2 Å². The molecule has 0 aromatic heterocycles. The second kappa shape index (κ2) is 9.81. The summed E-state index contributed by atoms with van der Waals surface area (Å²) in [7, 11) is -4.67. The van der Waals surface area contributed by atoms with Crippen LogP contribution in [0, 0.1) is 0 Å². The molecule has 0 aliphatic rings. The molecule has 0 spiro atoms. The number of hydrogen-bond donors (Lipinski definition) is 6. The average Bonchev–Trinajstić information content (AvgIpc) is 2.15. The van der Waals surface area contributed by atoms with Gasteiger partial charge in [0.25, 0.3) is 0 Å². The molecule has 8 N–H and O–H groups in total. The molecule has 0 unspecified atom stereocenters. The predicted octanol–water partition coefficient (Wildman–Crippen LogP) is -0.831. The van der Waals surface area contributed by atoms with E-state index in [-0.39, 0.29) is 13.2 Å². The third-order valence-electron chi connectivity index (χ3n) is 1.01.